The molecule has 1 saturated heterocycles. The minimum Gasteiger partial charge on any atom is -0.508 e. The van der Waals surface area contributed by atoms with Crippen molar-refractivity contribution in [1.29, 1.82) is 0 Å². The molecule has 0 unspecified atom stereocenters. The van der Waals surface area contributed by atoms with Crippen molar-refractivity contribution in [2.75, 3.05) is 13.1 Å². The highest BCUT2D eigenvalue weighted by atomic mass is 32.2. The number of thioether (sulfide) groups is 1. The van der Waals surface area contributed by atoms with Crippen molar-refractivity contribution in [3.8, 4) is 5.75 Å². The fourth-order valence-electron chi connectivity index (χ4n) is 1.82. The molecule has 0 amide bonds. The summed E-state index contributed by atoms with van der Waals surface area (Å²) in [6, 6.07) is 6.99. The highest BCUT2D eigenvalue weighted by Crippen LogP contribution is 2.35. The monoisotopic (exact) mass is 295 g/mol. The van der Waals surface area contributed by atoms with Gasteiger partial charge in [-0.15, -0.1) is 0 Å². The molecule has 19 heavy (non-hydrogen) atoms. The van der Waals surface area contributed by atoms with Gasteiger partial charge in [0.05, 0.1) is 6.54 Å². The van der Waals surface area contributed by atoms with Crippen LogP contribution in [0.2, 0.25) is 0 Å². The number of benzene rings is 1. The molecule has 1 aliphatic rings. The zero-order valence-corrected chi connectivity index (χ0v) is 11.9. The van der Waals surface area contributed by atoms with Crippen LogP contribution in [0.15, 0.2) is 29.2 Å². The van der Waals surface area contributed by atoms with Crippen LogP contribution in [0.5, 0.6) is 5.75 Å². The molecule has 6 heteroatoms. The molecule has 0 bridgehead atoms. The van der Waals surface area contributed by atoms with E-state index >= 15 is 0 Å². The smallest absolute Gasteiger partial charge is 0.323 e. The van der Waals surface area contributed by atoms with Crippen LogP contribution in [0.4, 0.5) is 0 Å². The molecule has 100 valence electrons. The molecule has 2 rings (SSSR count). The molecule has 0 spiro atoms. The first-order chi connectivity index (χ1) is 8.97. The van der Waals surface area contributed by atoms with Gasteiger partial charge in [-0.1, -0.05) is 36.1 Å². The number of rotatable bonds is 3. The van der Waals surface area contributed by atoms with Crippen LogP contribution in [0.1, 0.15) is 12.5 Å². The number of hydrogen-bond acceptors (Lipinski definition) is 4. The van der Waals surface area contributed by atoms with Crippen molar-refractivity contribution < 1.29 is 15.0 Å². The van der Waals surface area contributed by atoms with Gasteiger partial charge >= 0.3 is 5.97 Å². The number of carboxylic acids is 1. The lowest BCUT2D eigenvalue weighted by atomic mass is 10.1. The SMILES string of the molecule is C/C(=C1/CN(CC(=O)O)C(=S)S1)c1cccc(O)c1. The second kappa shape index (κ2) is 5.63. The number of phenols is 1. The fourth-order valence-corrected chi connectivity index (χ4v) is 3.21. The average Bonchev–Trinajstić information content (AvgIpc) is 2.69. The normalized spacial score (nSPS) is 17.7. The molecule has 0 aliphatic carbocycles. The van der Waals surface area contributed by atoms with Crippen molar-refractivity contribution in [2.45, 2.75) is 6.92 Å². The van der Waals surface area contributed by atoms with Crippen LogP contribution in [0.25, 0.3) is 5.57 Å². The molecule has 4 nitrogen and oxygen atoms in total. The van der Waals surface area contributed by atoms with E-state index in [1.165, 1.54) is 11.8 Å². The zero-order chi connectivity index (χ0) is 14.0. The Hall–Kier alpha value is -1.53. The van der Waals surface area contributed by atoms with E-state index in [1.54, 1.807) is 23.1 Å². The predicted molar refractivity (Wildman–Crippen MR) is 80.1 cm³/mol. The Kier molecular flexibility index (Phi) is 4.11. The maximum absolute atomic E-state index is 10.7. The molecule has 0 aromatic heterocycles. The van der Waals surface area contributed by atoms with Crippen molar-refractivity contribution >= 4 is 39.8 Å². The van der Waals surface area contributed by atoms with Gasteiger partial charge in [0, 0.05) is 4.91 Å². The number of nitrogens with zero attached hydrogens (tertiary/aromatic N) is 1. The summed E-state index contributed by atoms with van der Waals surface area (Å²) in [4.78, 5) is 13.4. The Balaban J connectivity index is 2.24. The lowest BCUT2D eigenvalue weighted by Crippen LogP contribution is -2.29. The number of aliphatic carboxylic acids is 1. The number of carboxylic acid groups (broad SMARTS) is 1. The Morgan fingerprint density at radius 1 is 1.53 bits per heavy atom. The van der Waals surface area contributed by atoms with E-state index in [0.717, 1.165) is 16.0 Å². The highest BCUT2D eigenvalue weighted by molar-refractivity contribution is 8.25. The fraction of sp³-hybridized carbons (Fsp3) is 0.231. The number of allylic oxidation sites excluding steroid dienone is 1. The standard InChI is InChI=1S/C13H13NO3S2/c1-8(9-3-2-4-10(15)5-9)11-6-14(7-12(16)17)13(18)19-11/h2-5,15H,6-7H2,1H3,(H,16,17)/b11-8+. The summed E-state index contributed by atoms with van der Waals surface area (Å²) in [5.41, 5.74) is 1.93. The second-order valence-corrected chi connectivity index (χ2v) is 5.95. The van der Waals surface area contributed by atoms with Gasteiger partial charge in [0.25, 0.3) is 0 Å². The van der Waals surface area contributed by atoms with Crippen LogP contribution in [-0.2, 0) is 4.79 Å². The van der Waals surface area contributed by atoms with Crippen LogP contribution in [0.3, 0.4) is 0 Å². The number of carbonyl (C=O) groups is 1. The summed E-state index contributed by atoms with van der Waals surface area (Å²) in [6.07, 6.45) is 0. The number of hydrogen-bond donors (Lipinski definition) is 2. The first-order valence-electron chi connectivity index (χ1n) is 5.65. The predicted octanol–water partition coefficient (Wildman–Crippen LogP) is 2.54. The van der Waals surface area contributed by atoms with E-state index in [-0.39, 0.29) is 12.3 Å². The summed E-state index contributed by atoms with van der Waals surface area (Å²) < 4.78 is 0.580. The van der Waals surface area contributed by atoms with Crippen molar-refractivity contribution in [3.63, 3.8) is 0 Å². The van der Waals surface area contributed by atoms with Crippen LogP contribution in [0, 0.1) is 0 Å². The van der Waals surface area contributed by atoms with Crippen molar-refractivity contribution in [1.82, 2.24) is 4.90 Å². The van der Waals surface area contributed by atoms with E-state index in [0.29, 0.717) is 10.9 Å². The summed E-state index contributed by atoms with van der Waals surface area (Å²) in [5.74, 6) is -0.676. The third-order valence-corrected chi connectivity index (χ3v) is 4.45. The first kappa shape index (κ1) is 13.9. The maximum atomic E-state index is 10.7. The maximum Gasteiger partial charge on any atom is 0.323 e. The van der Waals surface area contributed by atoms with Gasteiger partial charge in [-0.05, 0) is 30.2 Å². The van der Waals surface area contributed by atoms with Gasteiger partial charge < -0.3 is 15.1 Å². The van der Waals surface area contributed by atoms with Gasteiger partial charge in [0.1, 0.15) is 16.6 Å². The summed E-state index contributed by atoms with van der Waals surface area (Å²) in [6.45, 7) is 2.38. The topological polar surface area (TPSA) is 60.8 Å². The molecule has 0 atom stereocenters. The largest absolute Gasteiger partial charge is 0.508 e. The molecular weight excluding hydrogens is 282 g/mol. The number of aromatic hydroxyl groups is 1. The highest BCUT2D eigenvalue weighted by Gasteiger charge is 2.25. The second-order valence-electron chi connectivity index (χ2n) is 4.22. The third-order valence-electron chi connectivity index (χ3n) is 2.83. The summed E-state index contributed by atoms with van der Waals surface area (Å²) >= 11 is 6.59. The molecule has 0 saturated carbocycles. The lowest BCUT2D eigenvalue weighted by Gasteiger charge is -2.12. The van der Waals surface area contributed by atoms with Gasteiger partial charge in [-0.3, -0.25) is 4.79 Å². The van der Waals surface area contributed by atoms with Gasteiger partial charge in [0.15, 0.2) is 0 Å². The molecule has 1 heterocycles. The van der Waals surface area contributed by atoms with E-state index in [1.807, 2.05) is 13.0 Å². The number of thiocarbonyl (C=S) groups is 1. The minimum atomic E-state index is -0.890. The Morgan fingerprint density at radius 3 is 2.89 bits per heavy atom. The Morgan fingerprint density at radius 2 is 2.26 bits per heavy atom. The Labute approximate surface area is 120 Å². The Bertz CT molecular complexity index is 569. The first-order valence-corrected chi connectivity index (χ1v) is 6.87. The van der Waals surface area contributed by atoms with E-state index in [9.17, 15) is 9.90 Å². The number of phenolic OH excluding ortho intramolecular Hbond substituents is 1. The molecule has 1 aliphatic heterocycles. The van der Waals surface area contributed by atoms with E-state index in [2.05, 4.69) is 0 Å². The average molecular weight is 295 g/mol. The van der Waals surface area contributed by atoms with Crippen LogP contribution >= 0.6 is 24.0 Å². The van der Waals surface area contributed by atoms with E-state index < -0.39 is 5.97 Å². The van der Waals surface area contributed by atoms with Crippen LogP contribution in [-0.4, -0.2) is 38.5 Å². The van der Waals surface area contributed by atoms with Crippen molar-refractivity contribution in [2.24, 2.45) is 0 Å². The third kappa shape index (κ3) is 3.27. The lowest BCUT2D eigenvalue weighted by molar-refractivity contribution is -0.137. The summed E-state index contributed by atoms with van der Waals surface area (Å²) in [7, 11) is 0. The summed E-state index contributed by atoms with van der Waals surface area (Å²) in [5, 5.41) is 18.3. The van der Waals surface area contributed by atoms with Gasteiger partial charge in [-0.2, -0.15) is 0 Å². The molecular formula is C13H13NO3S2. The molecule has 0 radical (unpaired) electrons. The van der Waals surface area contributed by atoms with Gasteiger partial charge in [-0.25, -0.2) is 0 Å². The van der Waals surface area contributed by atoms with Gasteiger partial charge in [0.2, 0.25) is 0 Å². The molecule has 1 aromatic rings. The minimum absolute atomic E-state index is 0.0807. The van der Waals surface area contributed by atoms with Crippen LogP contribution < -0.4 is 0 Å². The molecule has 2 N–H and O–H groups in total. The molecule has 1 fully saturated rings. The van der Waals surface area contributed by atoms with E-state index in [4.69, 9.17) is 17.3 Å². The zero-order valence-electron chi connectivity index (χ0n) is 10.3. The van der Waals surface area contributed by atoms with Crippen molar-refractivity contribution in [3.05, 3.63) is 34.7 Å². The quantitative estimate of drug-likeness (QED) is 0.836. The molecule has 1 aromatic carbocycles.